The molecule has 1 N–H and O–H groups in total. The summed E-state index contributed by atoms with van der Waals surface area (Å²) < 4.78 is 6.93. The molecule has 20 heavy (non-hydrogen) atoms. The smallest absolute Gasteiger partial charge is 0.354 e. The highest BCUT2D eigenvalue weighted by Gasteiger charge is 2.15. The van der Waals surface area contributed by atoms with Crippen molar-refractivity contribution in [2.24, 2.45) is 7.05 Å². The maximum absolute atomic E-state index is 11.1. The third kappa shape index (κ3) is 2.52. The first kappa shape index (κ1) is 14.1. The van der Waals surface area contributed by atoms with Gasteiger partial charge >= 0.3 is 5.97 Å². The van der Waals surface area contributed by atoms with Crippen molar-refractivity contribution in [1.29, 1.82) is 0 Å². The first-order chi connectivity index (χ1) is 9.43. The third-order valence-electron chi connectivity index (χ3n) is 3.20. The summed E-state index contributed by atoms with van der Waals surface area (Å²) in [7, 11) is 1.63. The normalized spacial score (nSPS) is 10.6. The average molecular weight is 274 g/mol. The van der Waals surface area contributed by atoms with Gasteiger partial charge in [-0.25, -0.2) is 4.79 Å². The number of benzene rings is 1. The number of aromatic carboxylic acids is 1. The molecule has 0 saturated carbocycles. The second-order valence-corrected chi connectivity index (χ2v) is 4.71. The van der Waals surface area contributed by atoms with Crippen LogP contribution in [0, 0.1) is 13.8 Å². The number of carboxylic acids is 1. The largest absolute Gasteiger partial charge is 0.494 e. The summed E-state index contributed by atoms with van der Waals surface area (Å²) in [4.78, 5) is 11.1. The van der Waals surface area contributed by atoms with Crippen molar-refractivity contribution in [1.82, 2.24) is 9.78 Å². The molecule has 5 nitrogen and oxygen atoms in total. The van der Waals surface area contributed by atoms with E-state index < -0.39 is 5.97 Å². The molecular formula is C15H18N2O3. The summed E-state index contributed by atoms with van der Waals surface area (Å²) in [5, 5.41) is 13.4. The molecule has 0 unspecified atom stereocenters. The molecule has 2 aromatic rings. The van der Waals surface area contributed by atoms with Crippen LogP contribution in [0.1, 0.15) is 28.5 Å². The summed E-state index contributed by atoms with van der Waals surface area (Å²) in [6.45, 7) is 6.49. The predicted octanol–water partition coefficient (Wildman–Crippen LogP) is 2.80. The van der Waals surface area contributed by atoms with Crippen LogP contribution in [0.4, 0.5) is 0 Å². The number of aromatic nitrogens is 2. The van der Waals surface area contributed by atoms with Gasteiger partial charge in [0.25, 0.3) is 0 Å². The van der Waals surface area contributed by atoms with Crippen LogP contribution in [0.15, 0.2) is 18.2 Å². The van der Waals surface area contributed by atoms with Crippen LogP contribution in [-0.2, 0) is 7.05 Å². The molecule has 0 atom stereocenters. The van der Waals surface area contributed by atoms with E-state index in [2.05, 4.69) is 5.10 Å². The van der Waals surface area contributed by atoms with Gasteiger partial charge in [-0.3, -0.25) is 4.68 Å². The Hall–Kier alpha value is -2.30. The van der Waals surface area contributed by atoms with Gasteiger partial charge in [0, 0.05) is 12.6 Å². The van der Waals surface area contributed by atoms with Crippen molar-refractivity contribution in [2.75, 3.05) is 6.61 Å². The van der Waals surface area contributed by atoms with Crippen molar-refractivity contribution in [3.8, 4) is 17.0 Å². The van der Waals surface area contributed by atoms with E-state index in [9.17, 15) is 4.79 Å². The number of nitrogens with zero attached hydrogens (tertiary/aromatic N) is 2. The summed E-state index contributed by atoms with van der Waals surface area (Å²) in [5.41, 5.74) is 3.78. The molecule has 5 heteroatoms. The Morgan fingerprint density at radius 3 is 2.55 bits per heavy atom. The Bertz CT molecular complexity index is 659. The Kier molecular flexibility index (Phi) is 3.79. The topological polar surface area (TPSA) is 64.3 Å². The van der Waals surface area contributed by atoms with Gasteiger partial charge in [-0.1, -0.05) is 0 Å². The fourth-order valence-corrected chi connectivity index (χ4v) is 2.18. The first-order valence-electron chi connectivity index (χ1n) is 6.45. The summed E-state index contributed by atoms with van der Waals surface area (Å²) in [6, 6.07) is 5.53. The molecule has 0 aliphatic rings. The number of rotatable bonds is 4. The zero-order valence-electron chi connectivity index (χ0n) is 12.1. The quantitative estimate of drug-likeness (QED) is 0.931. The lowest BCUT2D eigenvalue weighted by molar-refractivity contribution is 0.0685. The first-order valence-corrected chi connectivity index (χ1v) is 6.45. The van der Waals surface area contributed by atoms with E-state index in [1.807, 2.05) is 32.9 Å². The van der Waals surface area contributed by atoms with Gasteiger partial charge in [-0.05, 0) is 50.1 Å². The number of carboxylic acid groups (broad SMARTS) is 1. The van der Waals surface area contributed by atoms with Crippen LogP contribution in [-0.4, -0.2) is 27.5 Å². The van der Waals surface area contributed by atoms with Crippen molar-refractivity contribution in [3.63, 3.8) is 0 Å². The van der Waals surface area contributed by atoms with E-state index in [0.29, 0.717) is 12.3 Å². The Morgan fingerprint density at radius 1 is 1.30 bits per heavy atom. The second-order valence-electron chi connectivity index (χ2n) is 4.71. The van der Waals surface area contributed by atoms with Gasteiger partial charge in [0.05, 0.1) is 12.3 Å². The molecule has 0 aliphatic carbocycles. The number of ether oxygens (including phenoxy) is 1. The fourth-order valence-electron chi connectivity index (χ4n) is 2.18. The molecule has 0 saturated heterocycles. The minimum atomic E-state index is -0.980. The zero-order valence-corrected chi connectivity index (χ0v) is 12.1. The van der Waals surface area contributed by atoms with Crippen LogP contribution in [0.2, 0.25) is 0 Å². The molecule has 2 rings (SSSR count). The number of hydrogen-bond donors (Lipinski definition) is 1. The minimum absolute atomic E-state index is 0.172. The molecule has 0 amide bonds. The van der Waals surface area contributed by atoms with E-state index >= 15 is 0 Å². The van der Waals surface area contributed by atoms with Crippen molar-refractivity contribution in [2.45, 2.75) is 20.8 Å². The molecule has 0 spiro atoms. The van der Waals surface area contributed by atoms with E-state index in [-0.39, 0.29) is 5.69 Å². The molecule has 0 aliphatic heterocycles. The van der Waals surface area contributed by atoms with Gasteiger partial charge in [0.1, 0.15) is 11.4 Å². The molecule has 0 radical (unpaired) electrons. The van der Waals surface area contributed by atoms with Gasteiger partial charge < -0.3 is 9.84 Å². The van der Waals surface area contributed by atoms with E-state index in [4.69, 9.17) is 9.84 Å². The second kappa shape index (κ2) is 5.36. The minimum Gasteiger partial charge on any atom is -0.494 e. The van der Waals surface area contributed by atoms with Crippen LogP contribution in [0.5, 0.6) is 5.75 Å². The third-order valence-corrected chi connectivity index (χ3v) is 3.20. The highest BCUT2D eigenvalue weighted by molar-refractivity contribution is 5.87. The van der Waals surface area contributed by atoms with E-state index in [0.717, 1.165) is 22.4 Å². The lowest BCUT2D eigenvalue weighted by Gasteiger charge is -2.11. The number of aryl methyl sites for hydroxylation is 3. The van der Waals surface area contributed by atoms with Crippen LogP contribution < -0.4 is 4.74 Å². The van der Waals surface area contributed by atoms with Crippen LogP contribution >= 0.6 is 0 Å². The summed E-state index contributed by atoms with van der Waals surface area (Å²) in [5.74, 6) is -0.130. The molecule has 1 aromatic carbocycles. The molecule has 0 fully saturated rings. The van der Waals surface area contributed by atoms with Crippen molar-refractivity contribution < 1.29 is 14.6 Å². The van der Waals surface area contributed by atoms with Crippen LogP contribution in [0.3, 0.4) is 0 Å². The standard InChI is InChI=1S/C15H18N2O3/c1-5-20-14-7-9(2)11(6-10(14)3)12-8-13(15(18)19)17(4)16-12/h6-8H,5H2,1-4H3,(H,18,19). The van der Waals surface area contributed by atoms with Gasteiger partial charge in [-0.2, -0.15) is 5.10 Å². The highest BCUT2D eigenvalue weighted by Crippen LogP contribution is 2.29. The van der Waals surface area contributed by atoms with E-state index in [1.54, 1.807) is 13.1 Å². The zero-order chi connectivity index (χ0) is 14.9. The predicted molar refractivity (Wildman–Crippen MR) is 76.2 cm³/mol. The summed E-state index contributed by atoms with van der Waals surface area (Å²) in [6.07, 6.45) is 0. The van der Waals surface area contributed by atoms with Gasteiger partial charge in [0.15, 0.2) is 0 Å². The summed E-state index contributed by atoms with van der Waals surface area (Å²) >= 11 is 0. The Labute approximate surface area is 117 Å². The van der Waals surface area contributed by atoms with Crippen molar-refractivity contribution >= 4 is 5.97 Å². The SMILES string of the molecule is CCOc1cc(C)c(-c2cc(C(=O)O)n(C)n2)cc1C. The molecule has 106 valence electrons. The fraction of sp³-hybridized carbons (Fsp3) is 0.333. The van der Waals surface area contributed by atoms with Crippen molar-refractivity contribution in [3.05, 3.63) is 35.0 Å². The van der Waals surface area contributed by atoms with Gasteiger partial charge in [-0.15, -0.1) is 0 Å². The molecule has 1 heterocycles. The number of hydrogen-bond acceptors (Lipinski definition) is 3. The lowest BCUT2D eigenvalue weighted by Crippen LogP contribution is -2.04. The highest BCUT2D eigenvalue weighted by atomic mass is 16.5. The monoisotopic (exact) mass is 274 g/mol. The number of carbonyl (C=O) groups is 1. The maximum atomic E-state index is 11.1. The van der Waals surface area contributed by atoms with Gasteiger partial charge in [0.2, 0.25) is 0 Å². The molecule has 0 bridgehead atoms. The van der Waals surface area contributed by atoms with Crippen LogP contribution in [0.25, 0.3) is 11.3 Å². The Balaban J connectivity index is 2.50. The maximum Gasteiger partial charge on any atom is 0.354 e. The Morgan fingerprint density at radius 2 is 2.00 bits per heavy atom. The van der Waals surface area contributed by atoms with E-state index in [1.165, 1.54) is 4.68 Å². The molecular weight excluding hydrogens is 256 g/mol. The average Bonchev–Trinajstić information content (AvgIpc) is 2.76. The lowest BCUT2D eigenvalue weighted by atomic mass is 10.0. The molecule has 1 aromatic heterocycles.